The molecule has 0 saturated heterocycles. The minimum absolute atomic E-state index is 0.0666. The number of nitrogens with one attached hydrogen (secondary N) is 2. The first kappa shape index (κ1) is 25.8. The summed E-state index contributed by atoms with van der Waals surface area (Å²) in [6.07, 6.45) is 4.87. The van der Waals surface area contributed by atoms with E-state index < -0.39 is 11.9 Å². The molecule has 4 heterocycles. The summed E-state index contributed by atoms with van der Waals surface area (Å²) in [5.74, 6) is -0.128. The molecule has 3 amide bonds. The van der Waals surface area contributed by atoms with Gasteiger partial charge in [0.1, 0.15) is 23.4 Å². The molecule has 3 aromatic heterocycles. The first-order chi connectivity index (χ1) is 18.9. The molecule has 1 atom stereocenters. The van der Waals surface area contributed by atoms with E-state index in [4.69, 9.17) is 16.3 Å². The predicted octanol–water partition coefficient (Wildman–Crippen LogP) is 3.99. The number of methoxy groups -OCH3 is 1. The summed E-state index contributed by atoms with van der Waals surface area (Å²) in [6, 6.07) is 15.9. The average Bonchev–Trinajstić information content (AvgIpc) is 3.04. The van der Waals surface area contributed by atoms with E-state index >= 15 is 0 Å². The van der Waals surface area contributed by atoms with Crippen LogP contribution in [0.4, 0.5) is 11.6 Å². The Bertz CT molecular complexity index is 1550. The van der Waals surface area contributed by atoms with Gasteiger partial charge in [0.15, 0.2) is 0 Å². The second-order valence-corrected chi connectivity index (χ2v) is 9.12. The lowest BCUT2D eigenvalue weighted by Gasteiger charge is -2.28. The van der Waals surface area contributed by atoms with E-state index in [1.807, 2.05) is 6.07 Å². The largest absolute Gasteiger partial charge is 0.497 e. The zero-order chi connectivity index (χ0) is 27.4. The molecule has 11 heteroatoms. The number of hydrogen-bond donors (Lipinski definition) is 2. The van der Waals surface area contributed by atoms with Gasteiger partial charge in [0.25, 0.3) is 11.8 Å². The Kier molecular flexibility index (Phi) is 7.46. The van der Waals surface area contributed by atoms with Gasteiger partial charge >= 0.3 is 0 Å². The minimum Gasteiger partial charge on any atom is -0.497 e. The smallest absolute Gasteiger partial charge is 0.258 e. The first-order valence-electron chi connectivity index (χ1n) is 12.0. The summed E-state index contributed by atoms with van der Waals surface area (Å²) < 4.78 is 5.16. The Morgan fingerprint density at radius 1 is 1.03 bits per heavy atom. The number of ether oxygens (including phenoxy) is 1. The lowest BCUT2D eigenvalue weighted by Crippen LogP contribution is -2.46. The maximum Gasteiger partial charge on any atom is 0.258 e. The predicted molar refractivity (Wildman–Crippen MR) is 145 cm³/mol. The molecule has 10 nitrogen and oxygen atoms in total. The number of halogens is 1. The summed E-state index contributed by atoms with van der Waals surface area (Å²) in [7, 11) is 1.52. The summed E-state index contributed by atoms with van der Waals surface area (Å²) in [6.45, 7) is 0.0666. The number of hydrogen-bond acceptors (Lipinski definition) is 7. The number of anilines is 2. The van der Waals surface area contributed by atoms with Crippen molar-refractivity contribution in [1.82, 2.24) is 19.9 Å². The number of fused-ring (bicyclic) bond motifs is 1. The highest BCUT2D eigenvalue weighted by Gasteiger charge is 2.36. The number of rotatable bonds is 7. The third-order valence-electron chi connectivity index (χ3n) is 6.19. The fourth-order valence-corrected chi connectivity index (χ4v) is 4.53. The number of carbonyl (C=O) groups is 3. The summed E-state index contributed by atoms with van der Waals surface area (Å²) in [4.78, 5) is 53.9. The minimum atomic E-state index is -0.859. The molecule has 196 valence electrons. The topological polar surface area (TPSA) is 126 Å². The van der Waals surface area contributed by atoms with E-state index in [9.17, 15) is 14.4 Å². The number of aromatic nitrogens is 3. The lowest BCUT2D eigenvalue weighted by atomic mass is 10.0. The highest BCUT2D eigenvalue weighted by Crippen LogP contribution is 2.27. The Morgan fingerprint density at radius 3 is 2.64 bits per heavy atom. The van der Waals surface area contributed by atoms with E-state index in [-0.39, 0.29) is 46.7 Å². The van der Waals surface area contributed by atoms with Crippen molar-refractivity contribution in [1.29, 1.82) is 0 Å². The fraction of sp³-hybridized carbons (Fsp3) is 0.143. The highest BCUT2D eigenvalue weighted by molar-refractivity contribution is 6.34. The lowest BCUT2D eigenvalue weighted by molar-refractivity contribution is -0.120. The van der Waals surface area contributed by atoms with Crippen LogP contribution in [-0.4, -0.2) is 50.7 Å². The second kappa shape index (κ2) is 11.3. The molecule has 4 aromatic rings. The van der Waals surface area contributed by atoms with E-state index in [0.717, 1.165) is 0 Å². The van der Waals surface area contributed by atoms with Crippen LogP contribution in [0.2, 0.25) is 5.02 Å². The third kappa shape index (κ3) is 5.70. The SMILES string of the molecule is COc1ccnc(NC(=O)c2ccc(CN3C(=O)c4cccnc4NC(=O)C3Cc3ccccn3)cc2Cl)c1. The molecule has 1 unspecified atom stereocenters. The molecular weight excluding hydrogens is 520 g/mol. The number of carbonyl (C=O) groups excluding carboxylic acids is 3. The van der Waals surface area contributed by atoms with Crippen LogP contribution < -0.4 is 15.4 Å². The summed E-state index contributed by atoms with van der Waals surface area (Å²) >= 11 is 6.50. The molecule has 0 bridgehead atoms. The van der Waals surface area contributed by atoms with Crippen LogP contribution in [0, 0.1) is 0 Å². The quantitative estimate of drug-likeness (QED) is 0.361. The number of pyridine rings is 3. The van der Waals surface area contributed by atoms with Crippen LogP contribution in [0.3, 0.4) is 0 Å². The molecule has 0 radical (unpaired) electrons. The molecule has 39 heavy (non-hydrogen) atoms. The molecule has 0 spiro atoms. The molecule has 0 fully saturated rings. The van der Waals surface area contributed by atoms with Crippen molar-refractivity contribution in [2.45, 2.75) is 19.0 Å². The zero-order valence-corrected chi connectivity index (χ0v) is 21.6. The zero-order valence-electron chi connectivity index (χ0n) is 20.8. The van der Waals surface area contributed by atoms with Gasteiger partial charge in [0, 0.05) is 43.3 Å². The maximum absolute atomic E-state index is 13.7. The van der Waals surface area contributed by atoms with Gasteiger partial charge in [0.05, 0.1) is 23.3 Å². The van der Waals surface area contributed by atoms with Gasteiger partial charge in [-0.1, -0.05) is 23.7 Å². The van der Waals surface area contributed by atoms with Crippen molar-refractivity contribution in [2.24, 2.45) is 0 Å². The van der Waals surface area contributed by atoms with Gasteiger partial charge < -0.3 is 20.3 Å². The normalized spacial score (nSPS) is 14.7. The van der Waals surface area contributed by atoms with Crippen molar-refractivity contribution in [3.63, 3.8) is 0 Å². The van der Waals surface area contributed by atoms with Crippen LogP contribution in [0.5, 0.6) is 5.75 Å². The van der Waals surface area contributed by atoms with E-state index in [2.05, 4.69) is 25.6 Å². The molecule has 0 aliphatic carbocycles. The molecule has 1 aliphatic heterocycles. The van der Waals surface area contributed by atoms with Gasteiger partial charge in [-0.25, -0.2) is 9.97 Å². The van der Waals surface area contributed by atoms with Gasteiger partial charge in [-0.3, -0.25) is 19.4 Å². The monoisotopic (exact) mass is 542 g/mol. The fourth-order valence-electron chi connectivity index (χ4n) is 4.25. The number of amides is 3. The Balaban J connectivity index is 1.42. The molecule has 1 aromatic carbocycles. The van der Waals surface area contributed by atoms with E-state index in [0.29, 0.717) is 22.8 Å². The summed E-state index contributed by atoms with van der Waals surface area (Å²) in [5.41, 5.74) is 1.80. The third-order valence-corrected chi connectivity index (χ3v) is 6.50. The van der Waals surface area contributed by atoms with E-state index in [1.165, 1.54) is 24.4 Å². The molecule has 5 rings (SSSR count). The first-order valence-corrected chi connectivity index (χ1v) is 12.4. The van der Waals surface area contributed by atoms with Crippen molar-refractivity contribution in [2.75, 3.05) is 17.7 Å². The van der Waals surface area contributed by atoms with Gasteiger partial charge in [0.2, 0.25) is 5.91 Å². The van der Waals surface area contributed by atoms with Gasteiger partial charge in [-0.2, -0.15) is 0 Å². The number of benzene rings is 1. The second-order valence-electron chi connectivity index (χ2n) is 8.71. The van der Waals surface area contributed by atoms with Crippen molar-refractivity contribution in [3.05, 3.63) is 107 Å². The molecule has 0 saturated carbocycles. The van der Waals surface area contributed by atoms with Crippen molar-refractivity contribution >= 4 is 41.0 Å². The van der Waals surface area contributed by atoms with Crippen LogP contribution in [0.25, 0.3) is 0 Å². The van der Waals surface area contributed by atoms with Gasteiger partial charge in [-0.05, 0) is 48.0 Å². The van der Waals surface area contributed by atoms with E-state index in [1.54, 1.807) is 60.8 Å². The standard InChI is InChI=1S/C28H23ClN6O4/c1-39-19-9-12-31-24(15-19)33-26(36)20-8-7-17(13-22(20)29)16-35-23(14-18-5-2-3-10-30-18)27(37)34-25-21(28(35)38)6-4-11-32-25/h2-13,15,23H,14,16H2,1H3,(H,31,33,36)(H,32,34,37). The van der Waals surface area contributed by atoms with Crippen LogP contribution in [0.1, 0.15) is 32.0 Å². The Morgan fingerprint density at radius 2 is 1.87 bits per heavy atom. The van der Waals surface area contributed by atoms with Crippen molar-refractivity contribution < 1.29 is 19.1 Å². The van der Waals surface area contributed by atoms with Crippen LogP contribution >= 0.6 is 11.6 Å². The summed E-state index contributed by atoms with van der Waals surface area (Å²) in [5, 5.41) is 5.65. The Labute approximate surface area is 229 Å². The average molecular weight is 543 g/mol. The van der Waals surface area contributed by atoms with Crippen molar-refractivity contribution in [3.8, 4) is 5.75 Å². The van der Waals surface area contributed by atoms with Crippen LogP contribution in [-0.2, 0) is 17.8 Å². The number of nitrogens with zero attached hydrogens (tertiary/aromatic N) is 4. The molecule has 1 aliphatic rings. The van der Waals surface area contributed by atoms with Crippen LogP contribution in [0.15, 0.2) is 79.3 Å². The molecular formula is C28H23ClN6O4. The maximum atomic E-state index is 13.7. The molecule has 2 N–H and O–H groups in total. The highest BCUT2D eigenvalue weighted by atomic mass is 35.5. The van der Waals surface area contributed by atoms with Gasteiger partial charge in [-0.15, -0.1) is 0 Å². The Hall–Kier alpha value is -4.83.